The first-order valence-electron chi connectivity index (χ1n) is 25.6. The molecule has 0 spiro atoms. The summed E-state index contributed by atoms with van der Waals surface area (Å²) in [5.74, 6) is -5.28. The van der Waals surface area contributed by atoms with Gasteiger partial charge in [-0.1, -0.05) is 0 Å². The summed E-state index contributed by atoms with van der Waals surface area (Å²) in [4.78, 5) is 49.2. The van der Waals surface area contributed by atoms with Crippen molar-refractivity contribution in [3.63, 3.8) is 0 Å². The van der Waals surface area contributed by atoms with E-state index >= 15 is 0 Å². The highest BCUT2D eigenvalue weighted by molar-refractivity contribution is 7.93. The topological polar surface area (TPSA) is 173 Å². The Bertz CT molecular complexity index is 2830. The Morgan fingerprint density at radius 1 is 0.469 bits per heavy atom. The lowest BCUT2D eigenvalue weighted by atomic mass is 9.94. The Morgan fingerprint density at radius 3 is 0.951 bits per heavy atom. The van der Waals surface area contributed by atoms with E-state index in [1.807, 2.05) is 0 Å². The van der Waals surface area contributed by atoms with Crippen LogP contribution in [-0.4, -0.2) is 118 Å². The standard InChI is InChI=1S/3C19H19F2NO4.CH3FS/c3*1-3-25-19(23)17-9-15(13-6-4-11(20)8-16(13)21)14-7-5-12(10-24-2)26-18(14)22-17;1-3-2/h3*4,6,8-9,12H,3,5,7,10H2,1-2H3;1H3/t2*12-;;/m10../s1. The summed E-state index contributed by atoms with van der Waals surface area (Å²) in [7, 11) is 4.71. The minimum atomic E-state index is -0.716. The molecule has 0 saturated carbocycles. The van der Waals surface area contributed by atoms with Crippen LogP contribution in [0.2, 0.25) is 0 Å². The average molecular weight is 1160 g/mol. The molecule has 23 heteroatoms. The highest BCUT2D eigenvalue weighted by atomic mass is 32.2. The lowest BCUT2D eigenvalue weighted by Crippen LogP contribution is -2.28. The van der Waals surface area contributed by atoms with Crippen LogP contribution in [0.3, 0.4) is 0 Å². The molecule has 3 aromatic heterocycles. The maximum absolute atomic E-state index is 14.3. The van der Waals surface area contributed by atoms with Crippen LogP contribution in [0.1, 0.15) is 88.2 Å². The van der Waals surface area contributed by atoms with Crippen molar-refractivity contribution < 1.29 is 87.2 Å². The molecule has 6 heterocycles. The van der Waals surface area contributed by atoms with Gasteiger partial charge in [0.25, 0.3) is 0 Å². The summed E-state index contributed by atoms with van der Waals surface area (Å²) in [6.07, 6.45) is 4.48. The highest BCUT2D eigenvalue weighted by Crippen LogP contribution is 2.40. The minimum Gasteiger partial charge on any atom is -0.472 e. The predicted octanol–water partition coefficient (Wildman–Crippen LogP) is 11.9. The predicted molar refractivity (Wildman–Crippen MR) is 285 cm³/mol. The summed E-state index contributed by atoms with van der Waals surface area (Å²) < 4.78 is 141. The molecule has 0 amide bonds. The van der Waals surface area contributed by atoms with Crippen molar-refractivity contribution >= 4 is 30.1 Å². The van der Waals surface area contributed by atoms with Crippen molar-refractivity contribution in [3.05, 3.63) is 141 Å². The Morgan fingerprint density at radius 2 is 0.728 bits per heavy atom. The molecular formula is C58H60F7N3O12S. The van der Waals surface area contributed by atoms with Gasteiger partial charge in [-0.2, -0.15) is 3.89 Å². The van der Waals surface area contributed by atoms with Crippen LogP contribution in [0, 0.1) is 34.9 Å². The highest BCUT2D eigenvalue weighted by Gasteiger charge is 2.31. The van der Waals surface area contributed by atoms with E-state index in [2.05, 4.69) is 15.0 Å². The van der Waals surface area contributed by atoms with Gasteiger partial charge >= 0.3 is 17.9 Å². The van der Waals surface area contributed by atoms with Crippen molar-refractivity contribution in [2.24, 2.45) is 0 Å². The second-order valence-electron chi connectivity index (χ2n) is 17.9. The van der Waals surface area contributed by atoms with Crippen molar-refractivity contribution in [1.82, 2.24) is 15.0 Å². The molecule has 0 N–H and O–H groups in total. The van der Waals surface area contributed by atoms with Crippen LogP contribution >= 0.6 is 12.1 Å². The minimum absolute atomic E-state index is 0.0161. The number of rotatable bonds is 15. The van der Waals surface area contributed by atoms with Gasteiger partial charge in [0.05, 0.1) is 39.6 Å². The van der Waals surface area contributed by atoms with Crippen LogP contribution in [-0.2, 0) is 47.7 Å². The first-order valence-corrected chi connectivity index (χ1v) is 26.7. The van der Waals surface area contributed by atoms with E-state index in [-0.39, 0.29) is 102 Å². The number of hydrogen-bond acceptors (Lipinski definition) is 16. The van der Waals surface area contributed by atoms with Crippen LogP contribution in [0.4, 0.5) is 30.2 Å². The molecule has 3 aliphatic heterocycles. The fourth-order valence-electron chi connectivity index (χ4n) is 8.91. The summed E-state index contributed by atoms with van der Waals surface area (Å²) in [5.41, 5.74) is 3.98. The number of halogens is 7. The third-order valence-corrected chi connectivity index (χ3v) is 12.4. The third-order valence-electron chi connectivity index (χ3n) is 12.4. The van der Waals surface area contributed by atoms with Gasteiger partial charge in [-0.15, -0.1) is 0 Å². The summed E-state index contributed by atoms with van der Waals surface area (Å²) >= 11 is 0.250. The molecule has 3 atom stereocenters. The number of fused-ring (bicyclic) bond motifs is 3. The molecule has 3 aliphatic rings. The van der Waals surface area contributed by atoms with Gasteiger partial charge < -0.3 is 42.6 Å². The van der Waals surface area contributed by atoms with E-state index in [4.69, 9.17) is 42.6 Å². The van der Waals surface area contributed by atoms with Crippen LogP contribution < -0.4 is 14.2 Å². The smallest absolute Gasteiger partial charge is 0.357 e. The van der Waals surface area contributed by atoms with Gasteiger partial charge in [-0.25, -0.2) is 55.7 Å². The molecule has 15 nitrogen and oxygen atoms in total. The summed E-state index contributed by atoms with van der Waals surface area (Å²) in [6.45, 7) is 6.74. The number of hydrogen-bond donors (Lipinski definition) is 0. The van der Waals surface area contributed by atoms with Crippen molar-refractivity contribution in [3.8, 4) is 51.0 Å². The van der Waals surface area contributed by atoms with E-state index in [1.54, 1.807) is 42.1 Å². The van der Waals surface area contributed by atoms with Crippen LogP contribution in [0.25, 0.3) is 33.4 Å². The Labute approximate surface area is 468 Å². The molecule has 0 fully saturated rings. The number of aromatic nitrogens is 3. The zero-order valence-corrected chi connectivity index (χ0v) is 46.3. The number of methoxy groups -OCH3 is 3. The number of esters is 3. The molecule has 6 aromatic rings. The van der Waals surface area contributed by atoms with Gasteiger partial charge in [0.2, 0.25) is 17.6 Å². The van der Waals surface area contributed by atoms with E-state index in [0.717, 1.165) is 18.2 Å². The first-order chi connectivity index (χ1) is 39.0. The fourth-order valence-corrected chi connectivity index (χ4v) is 8.91. The Balaban J connectivity index is 0.000000191. The molecule has 81 heavy (non-hydrogen) atoms. The lowest BCUT2D eigenvalue weighted by Gasteiger charge is -2.27. The van der Waals surface area contributed by atoms with E-state index in [1.165, 1.54) is 60.9 Å². The first kappa shape index (κ1) is 62.9. The van der Waals surface area contributed by atoms with Gasteiger partial charge in [0, 0.05) is 91.3 Å². The monoisotopic (exact) mass is 1160 g/mol. The maximum Gasteiger partial charge on any atom is 0.357 e. The molecule has 1 unspecified atom stereocenters. The van der Waals surface area contributed by atoms with Crippen LogP contribution in [0.15, 0.2) is 72.8 Å². The molecular weight excluding hydrogens is 1100 g/mol. The van der Waals surface area contributed by atoms with E-state index in [9.17, 15) is 44.6 Å². The SMILES string of the molecule is CCOC(=O)c1cc(-c2ccc(F)cc2F)c2c(n1)OC(COC)CC2.CCOC(=O)c1cc(-c2ccc(F)cc2F)c2c(n1)O[C@@H](COC)CC2.CCOC(=O)c1cc(-c2ccc(F)cc2F)c2c(n1)O[C@H](COC)CC2.CSF. The summed E-state index contributed by atoms with van der Waals surface area (Å²) in [5, 5.41) is 0. The number of benzene rings is 3. The van der Waals surface area contributed by atoms with Gasteiger partial charge in [0.15, 0.2) is 17.1 Å². The number of carbonyl (C=O) groups excluding carboxylic acids is 3. The third kappa shape index (κ3) is 16.4. The molecule has 434 valence electrons. The number of ether oxygens (including phenoxy) is 9. The molecule has 0 bridgehead atoms. The number of nitrogens with zero attached hydrogens (tertiary/aromatic N) is 3. The van der Waals surface area contributed by atoms with Crippen molar-refractivity contribution in [2.75, 3.05) is 67.2 Å². The van der Waals surface area contributed by atoms with Crippen molar-refractivity contribution in [1.29, 1.82) is 0 Å². The quantitative estimate of drug-likeness (QED) is 0.0539. The average Bonchev–Trinajstić information content (AvgIpc) is 3.50. The maximum atomic E-state index is 14.3. The van der Waals surface area contributed by atoms with E-state index < -0.39 is 52.8 Å². The molecule has 3 aromatic carbocycles. The van der Waals surface area contributed by atoms with Crippen molar-refractivity contribution in [2.45, 2.75) is 77.6 Å². The van der Waals surface area contributed by atoms with Gasteiger partial charge in [-0.3, -0.25) is 0 Å². The number of carbonyl (C=O) groups is 3. The zero-order valence-electron chi connectivity index (χ0n) is 45.4. The normalized spacial score (nSPS) is 15.6. The Kier molecular flexibility index (Phi) is 23.6. The largest absolute Gasteiger partial charge is 0.472 e. The number of pyridine rings is 3. The fraction of sp³-hybridized carbons (Fsp3) is 0.379. The Hall–Kier alpha value is -7.34. The second kappa shape index (κ2) is 30.5. The lowest BCUT2D eigenvalue weighted by molar-refractivity contribution is 0.0498. The zero-order chi connectivity index (χ0) is 58.8. The summed E-state index contributed by atoms with van der Waals surface area (Å²) in [6, 6.07) is 14.4. The molecule has 0 saturated heterocycles. The second-order valence-corrected chi connectivity index (χ2v) is 18.2. The molecule has 0 radical (unpaired) electrons. The van der Waals surface area contributed by atoms with Gasteiger partial charge in [-0.05, 0) is 131 Å². The molecule has 9 rings (SSSR count). The van der Waals surface area contributed by atoms with E-state index in [0.29, 0.717) is 91.7 Å². The van der Waals surface area contributed by atoms with Crippen LogP contribution in [0.5, 0.6) is 17.6 Å². The molecule has 0 aliphatic carbocycles. The van der Waals surface area contributed by atoms with Gasteiger partial charge in [0.1, 0.15) is 53.2 Å².